The quantitative estimate of drug-likeness (QED) is 0.802. The van der Waals surface area contributed by atoms with Crippen LogP contribution in [0.25, 0.3) is 0 Å². The lowest BCUT2D eigenvalue weighted by molar-refractivity contribution is -0.122. The summed E-state index contributed by atoms with van der Waals surface area (Å²) in [5.41, 5.74) is 6.46. The summed E-state index contributed by atoms with van der Waals surface area (Å²) < 4.78 is 0. The molecule has 4 heteroatoms. The molecule has 17 heavy (non-hydrogen) atoms. The fraction of sp³-hybridized carbons (Fsp3) is 0.308. The van der Waals surface area contributed by atoms with Gasteiger partial charge in [-0.25, -0.2) is 0 Å². The highest BCUT2D eigenvalue weighted by Gasteiger charge is 2.16. The van der Waals surface area contributed by atoms with Gasteiger partial charge in [-0.1, -0.05) is 29.8 Å². The molecule has 0 spiro atoms. The predicted molar refractivity (Wildman–Crippen MR) is 69.4 cm³/mol. The third-order valence-electron chi connectivity index (χ3n) is 2.41. The molecule has 0 aliphatic heterocycles. The Morgan fingerprint density at radius 2 is 2.24 bits per heavy atom. The molecule has 0 saturated heterocycles. The number of nitrogens with two attached hydrogens (primary N) is 1. The van der Waals surface area contributed by atoms with Crippen LogP contribution in [-0.4, -0.2) is 11.9 Å². The third kappa shape index (κ3) is 3.77. The fourth-order valence-electron chi connectivity index (χ4n) is 1.44. The highest BCUT2D eigenvalue weighted by molar-refractivity contribution is 6.31. The number of carbonyl (C=O) groups is 1. The highest BCUT2D eigenvalue weighted by Crippen LogP contribution is 2.22. The number of amides is 1. The van der Waals surface area contributed by atoms with E-state index in [-0.39, 0.29) is 18.4 Å². The first-order valence-electron chi connectivity index (χ1n) is 5.30. The highest BCUT2D eigenvalue weighted by atomic mass is 35.5. The van der Waals surface area contributed by atoms with Crippen molar-refractivity contribution >= 4 is 17.5 Å². The van der Waals surface area contributed by atoms with Crippen LogP contribution in [0.5, 0.6) is 0 Å². The van der Waals surface area contributed by atoms with E-state index in [1.165, 1.54) is 0 Å². The van der Waals surface area contributed by atoms with Crippen molar-refractivity contribution in [3.63, 3.8) is 0 Å². The normalized spacial score (nSPS) is 13.5. The lowest BCUT2D eigenvalue weighted by atomic mass is 10.1. The van der Waals surface area contributed by atoms with E-state index in [2.05, 4.69) is 11.2 Å². The number of benzene rings is 1. The Bertz CT molecular complexity index is 439. The van der Waals surface area contributed by atoms with E-state index in [1.807, 2.05) is 25.1 Å². The summed E-state index contributed by atoms with van der Waals surface area (Å²) in [4.78, 5) is 11.7. The monoisotopic (exact) mass is 250 g/mol. The first kappa shape index (κ1) is 13.6. The van der Waals surface area contributed by atoms with Crippen molar-refractivity contribution in [1.29, 1.82) is 0 Å². The van der Waals surface area contributed by atoms with E-state index in [0.29, 0.717) is 5.02 Å². The van der Waals surface area contributed by atoms with E-state index in [9.17, 15) is 4.79 Å². The zero-order valence-electron chi connectivity index (χ0n) is 9.61. The number of rotatable bonds is 4. The molecular formula is C13H15ClN2O. The second kappa shape index (κ2) is 6.29. The molecule has 0 aromatic heterocycles. The van der Waals surface area contributed by atoms with Crippen molar-refractivity contribution in [3.8, 4) is 12.3 Å². The Morgan fingerprint density at radius 1 is 1.59 bits per heavy atom. The summed E-state index contributed by atoms with van der Waals surface area (Å²) in [7, 11) is 0. The van der Waals surface area contributed by atoms with Crippen LogP contribution >= 0.6 is 11.6 Å². The molecule has 3 N–H and O–H groups in total. The average Bonchev–Trinajstić information content (AvgIpc) is 2.29. The van der Waals surface area contributed by atoms with Gasteiger partial charge in [0.1, 0.15) is 0 Å². The lowest BCUT2D eigenvalue weighted by Crippen LogP contribution is -2.41. The van der Waals surface area contributed by atoms with Crippen LogP contribution in [0.2, 0.25) is 5.02 Å². The van der Waals surface area contributed by atoms with E-state index in [0.717, 1.165) is 5.56 Å². The van der Waals surface area contributed by atoms with Crippen LogP contribution in [0, 0.1) is 12.3 Å². The van der Waals surface area contributed by atoms with Crippen molar-refractivity contribution < 1.29 is 4.79 Å². The van der Waals surface area contributed by atoms with Gasteiger partial charge in [-0.15, -0.1) is 12.3 Å². The zero-order valence-corrected chi connectivity index (χ0v) is 10.4. The van der Waals surface area contributed by atoms with Gasteiger partial charge in [0.05, 0.1) is 12.1 Å². The van der Waals surface area contributed by atoms with Gasteiger partial charge in [0.2, 0.25) is 5.91 Å². The largest absolute Gasteiger partial charge is 0.348 e. The van der Waals surface area contributed by atoms with Crippen molar-refractivity contribution in [2.45, 2.75) is 25.4 Å². The van der Waals surface area contributed by atoms with Crippen molar-refractivity contribution in [3.05, 3.63) is 34.9 Å². The minimum Gasteiger partial charge on any atom is -0.348 e. The third-order valence-corrected chi connectivity index (χ3v) is 2.75. The molecule has 0 saturated carbocycles. The molecule has 0 aliphatic rings. The van der Waals surface area contributed by atoms with Gasteiger partial charge in [0.15, 0.2) is 0 Å². The van der Waals surface area contributed by atoms with Crippen LogP contribution in [0.3, 0.4) is 0 Å². The number of carbonyl (C=O) groups excluding carboxylic acids is 1. The molecule has 1 amide bonds. The van der Waals surface area contributed by atoms with Crippen molar-refractivity contribution in [2.24, 2.45) is 5.73 Å². The van der Waals surface area contributed by atoms with E-state index >= 15 is 0 Å². The van der Waals surface area contributed by atoms with Crippen molar-refractivity contribution in [2.75, 3.05) is 0 Å². The van der Waals surface area contributed by atoms with Gasteiger partial charge < -0.3 is 11.1 Å². The molecular weight excluding hydrogens is 236 g/mol. The van der Waals surface area contributed by atoms with Crippen LogP contribution < -0.4 is 11.1 Å². The van der Waals surface area contributed by atoms with Crippen molar-refractivity contribution in [1.82, 2.24) is 5.32 Å². The second-order valence-corrected chi connectivity index (χ2v) is 4.17. The predicted octanol–water partition coefficient (Wildman–Crippen LogP) is 1.87. The fourth-order valence-corrected chi connectivity index (χ4v) is 1.74. The molecule has 1 rings (SSSR count). The van der Waals surface area contributed by atoms with Crippen LogP contribution in [-0.2, 0) is 4.79 Å². The topological polar surface area (TPSA) is 55.1 Å². The molecule has 0 fully saturated rings. The van der Waals surface area contributed by atoms with Gasteiger partial charge in [-0.2, -0.15) is 0 Å². The molecule has 3 nitrogen and oxygen atoms in total. The van der Waals surface area contributed by atoms with Gasteiger partial charge in [0.25, 0.3) is 0 Å². The smallest absolute Gasteiger partial charge is 0.238 e. The summed E-state index contributed by atoms with van der Waals surface area (Å²) in [6.07, 6.45) is 5.33. The summed E-state index contributed by atoms with van der Waals surface area (Å²) in [5, 5.41) is 3.39. The summed E-state index contributed by atoms with van der Waals surface area (Å²) in [5.74, 6) is 2.09. The van der Waals surface area contributed by atoms with Crippen LogP contribution in [0.15, 0.2) is 24.3 Å². The molecule has 0 aliphatic carbocycles. The van der Waals surface area contributed by atoms with Crippen LogP contribution in [0.4, 0.5) is 0 Å². The second-order valence-electron chi connectivity index (χ2n) is 3.77. The number of terminal acetylenes is 1. The number of hydrogen-bond acceptors (Lipinski definition) is 2. The average molecular weight is 251 g/mol. The Labute approximate surface area is 106 Å². The number of hydrogen-bond donors (Lipinski definition) is 2. The van der Waals surface area contributed by atoms with E-state index < -0.39 is 6.04 Å². The minimum absolute atomic E-state index is 0.194. The Kier molecular flexibility index (Phi) is 5.02. The maximum Gasteiger partial charge on any atom is 0.238 e. The van der Waals surface area contributed by atoms with E-state index in [4.69, 9.17) is 23.8 Å². The Balaban J connectivity index is 2.67. The van der Waals surface area contributed by atoms with Gasteiger partial charge in [-0.05, 0) is 18.6 Å². The SMILES string of the molecule is C#CCC(N)C(=O)N[C@H](C)c1ccccc1Cl. The number of nitrogens with one attached hydrogen (secondary N) is 1. The molecule has 0 radical (unpaired) electrons. The first-order chi connectivity index (χ1) is 8.06. The summed E-state index contributed by atoms with van der Waals surface area (Å²) in [6, 6.07) is 6.47. The maximum absolute atomic E-state index is 11.7. The molecule has 90 valence electrons. The maximum atomic E-state index is 11.7. The molecule has 0 heterocycles. The summed E-state index contributed by atoms with van der Waals surface area (Å²) in [6.45, 7) is 1.85. The standard InChI is InChI=1S/C13H15ClN2O/c1-3-6-12(15)13(17)16-9(2)10-7-4-5-8-11(10)14/h1,4-5,7-9,12H,6,15H2,2H3,(H,16,17)/t9-,12?/m1/s1. The Hall–Kier alpha value is -1.50. The van der Waals surface area contributed by atoms with E-state index in [1.54, 1.807) is 6.07 Å². The lowest BCUT2D eigenvalue weighted by Gasteiger charge is -2.17. The van der Waals surface area contributed by atoms with Gasteiger partial charge in [0, 0.05) is 11.4 Å². The molecule has 2 atom stereocenters. The van der Waals surface area contributed by atoms with Gasteiger partial charge >= 0.3 is 0 Å². The van der Waals surface area contributed by atoms with Gasteiger partial charge in [-0.3, -0.25) is 4.79 Å². The summed E-state index contributed by atoms with van der Waals surface area (Å²) >= 11 is 6.03. The molecule has 1 aromatic rings. The molecule has 1 unspecified atom stereocenters. The first-order valence-corrected chi connectivity index (χ1v) is 5.68. The zero-order chi connectivity index (χ0) is 12.8. The number of halogens is 1. The minimum atomic E-state index is -0.676. The Morgan fingerprint density at radius 3 is 2.82 bits per heavy atom. The molecule has 1 aromatic carbocycles. The van der Waals surface area contributed by atoms with Crippen LogP contribution in [0.1, 0.15) is 24.9 Å². The molecule has 0 bridgehead atoms.